The fraction of sp³-hybridized carbons (Fsp3) is 0.217. The van der Waals surface area contributed by atoms with Crippen LogP contribution in [0.1, 0.15) is 23.2 Å². The summed E-state index contributed by atoms with van der Waals surface area (Å²) in [5.41, 5.74) is 1.09. The number of amides is 1. The molecule has 4 aromatic rings. The normalized spacial score (nSPS) is 11.7. The van der Waals surface area contributed by atoms with E-state index in [4.69, 9.17) is 30.2 Å². The predicted molar refractivity (Wildman–Crippen MR) is 128 cm³/mol. The third-order valence-corrected chi connectivity index (χ3v) is 5.37. The van der Waals surface area contributed by atoms with Crippen LogP contribution in [0.15, 0.2) is 58.5 Å². The number of carbonyl (C=O) groups excluding carboxylic acids is 1. The Kier molecular flexibility index (Phi) is 7.73. The molecule has 0 aliphatic heterocycles. The Morgan fingerprint density at radius 3 is 2.62 bits per heavy atom. The molecule has 4 rings (SSSR count). The maximum absolute atomic E-state index is 12.8. The summed E-state index contributed by atoms with van der Waals surface area (Å²) < 4.78 is 22.5. The molecule has 0 spiro atoms. The zero-order valence-electron chi connectivity index (χ0n) is 18.4. The molecule has 11 heteroatoms. The Labute approximate surface area is 204 Å². The summed E-state index contributed by atoms with van der Waals surface area (Å²) in [7, 11) is 1.60. The van der Waals surface area contributed by atoms with Gasteiger partial charge in [-0.05, 0) is 43.3 Å². The molecule has 34 heavy (non-hydrogen) atoms. The fourth-order valence-electron chi connectivity index (χ4n) is 3.01. The van der Waals surface area contributed by atoms with Crippen molar-refractivity contribution in [2.75, 3.05) is 19.0 Å². The minimum Gasteiger partial charge on any atom is -0.488 e. The minimum atomic E-state index is -0.327. The van der Waals surface area contributed by atoms with Gasteiger partial charge in [0.25, 0.3) is 5.91 Å². The van der Waals surface area contributed by atoms with Gasteiger partial charge in [-0.25, -0.2) is 4.98 Å². The van der Waals surface area contributed by atoms with E-state index in [1.54, 1.807) is 61.2 Å². The van der Waals surface area contributed by atoms with Gasteiger partial charge in [0, 0.05) is 35.9 Å². The van der Waals surface area contributed by atoms with E-state index in [0.717, 1.165) is 5.56 Å². The van der Waals surface area contributed by atoms with Crippen molar-refractivity contribution in [3.05, 3.63) is 65.5 Å². The van der Waals surface area contributed by atoms with Gasteiger partial charge in [0.05, 0.1) is 6.61 Å². The highest BCUT2D eigenvalue weighted by Gasteiger charge is 2.15. The topological polar surface area (TPSA) is 109 Å². The number of aromatic nitrogens is 3. The third-order valence-electron chi connectivity index (χ3n) is 4.45. The van der Waals surface area contributed by atoms with E-state index in [1.165, 1.54) is 11.3 Å². The zero-order valence-corrected chi connectivity index (χ0v) is 19.9. The van der Waals surface area contributed by atoms with E-state index in [2.05, 4.69) is 20.5 Å². The van der Waals surface area contributed by atoms with E-state index >= 15 is 0 Å². The molecule has 0 radical (unpaired) electrons. The van der Waals surface area contributed by atoms with Crippen molar-refractivity contribution in [3.8, 4) is 28.7 Å². The first-order valence-corrected chi connectivity index (χ1v) is 11.6. The number of nitrogens with one attached hydrogen (secondary N) is 1. The Hall–Kier alpha value is -3.47. The Morgan fingerprint density at radius 1 is 1.15 bits per heavy atom. The first-order chi connectivity index (χ1) is 16.5. The van der Waals surface area contributed by atoms with Crippen molar-refractivity contribution >= 4 is 34.0 Å². The Balaban J connectivity index is 1.55. The van der Waals surface area contributed by atoms with Gasteiger partial charge in [-0.2, -0.15) is 0 Å². The van der Waals surface area contributed by atoms with Crippen molar-refractivity contribution in [3.63, 3.8) is 0 Å². The lowest BCUT2D eigenvalue weighted by molar-refractivity contribution is 0.0916. The molecule has 0 saturated carbocycles. The second-order valence-corrected chi connectivity index (χ2v) is 8.29. The summed E-state index contributed by atoms with van der Waals surface area (Å²) >= 11 is 7.04. The Bertz CT molecular complexity index is 1230. The summed E-state index contributed by atoms with van der Waals surface area (Å²) in [6.07, 6.45) is 1.40. The molecule has 0 saturated heterocycles. The number of methoxy groups -OCH3 is 1. The number of alkyl halides is 1. The number of thiazole rings is 1. The number of carbonyl (C=O) groups is 1. The molecule has 0 bridgehead atoms. The molecule has 1 unspecified atom stereocenters. The van der Waals surface area contributed by atoms with Gasteiger partial charge in [0.1, 0.15) is 29.2 Å². The van der Waals surface area contributed by atoms with E-state index in [1.807, 2.05) is 6.92 Å². The average Bonchev–Trinajstić information content (AvgIpc) is 3.52. The molecule has 2 aromatic heterocycles. The lowest BCUT2D eigenvalue weighted by Gasteiger charge is -2.16. The molecule has 1 amide bonds. The molecule has 0 aliphatic carbocycles. The molecule has 0 fully saturated rings. The quantitative estimate of drug-likeness (QED) is 0.289. The van der Waals surface area contributed by atoms with Gasteiger partial charge in [0.2, 0.25) is 11.8 Å². The van der Waals surface area contributed by atoms with Crippen molar-refractivity contribution in [1.29, 1.82) is 0 Å². The fourth-order valence-corrected chi connectivity index (χ4v) is 3.64. The van der Waals surface area contributed by atoms with Crippen LogP contribution in [0.2, 0.25) is 0 Å². The highest BCUT2D eigenvalue weighted by Crippen LogP contribution is 2.30. The van der Waals surface area contributed by atoms with Crippen LogP contribution in [0.3, 0.4) is 0 Å². The van der Waals surface area contributed by atoms with E-state index in [9.17, 15) is 4.79 Å². The number of anilines is 1. The highest BCUT2D eigenvalue weighted by atomic mass is 35.5. The smallest absolute Gasteiger partial charge is 0.257 e. The van der Waals surface area contributed by atoms with Crippen LogP contribution in [-0.2, 0) is 10.6 Å². The monoisotopic (exact) mass is 500 g/mol. The van der Waals surface area contributed by atoms with Crippen LogP contribution >= 0.6 is 22.9 Å². The molecule has 176 valence electrons. The van der Waals surface area contributed by atoms with Crippen molar-refractivity contribution in [2.45, 2.75) is 18.9 Å². The largest absolute Gasteiger partial charge is 0.488 e. The lowest BCUT2D eigenvalue weighted by Crippen LogP contribution is -2.18. The van der Waals surface area contributed by atoms with Gasteiger partial charge in [0.15, 0.2) is 5.13 Å². The standard InChI is InChI=1S/C23H21ClN4O5S/c1-14(13-30-2)31-18-9-16(21(29)26-23-25-7-8-34-23)10-19(11-18)32-17-5-3-15(4-6-17)22-28-27-20(12-24)33-22/h3-11,14H,12-13H2,1-2H3,(H,25,26,29). The first kappa shape index (κ1) is 23.7. The molecular formula is C23H21ClN4O5S. The molecular weight excluding hydrogens is 480 g/mol. The maximum atomic E-state index is 12.8. The van der Waals surface area contributed by atoms with E-state index < -0.39 is 0 Å². The van der Waals surface area contributed by atoms with Gasteiger partial charge >= 0.3 is 0 Å². The van der Waals surface area contributed by atoms with Crippen LogP contribution in [0.25, 0.3) is 11.5 Å². The van der Waals surface area contributed by atoms with Gasteiger partial charge < -0.3 is 18.6 Å². The Morgan fingerprint density at radius 2 is 1.94 bits per heavy atom. The van der Waals surface area contributed by atoms with Gasteiger partial charge in [-0.1, -0.05) is 0 Å². The van der Waals surface area contributed by atoms with Gasteiger partial charge in [-0.15, -0.1) is 33.1 Å². The van der Waals surface area contributed by atoms with Crippen LogP contribution < -0.4 is 14.8 Å². The summed E-state index contributed by atoms with van der Waals surface area (Å²) in [6, 6.07) is 12.1. The second kappa shape index (κ2) is 11.1. The molecule has 9 nitrogen and oxygen atoms in total. The first-order valence-electron chi connectivity index (χ1n) is 10.2. The minimum absolute atomic E-state index is 0.147. The zero-order chi connectivity index (χ0) is 23.9. The number of hydrogen-bond donors (Lipinski definition) is 1. The summed E-state index contributed by atoms with van der Waals surface area (Å²) in [5, 5.41) is 12.9. The molecule has 1 atom stereocenters. The molecule has 2 heterocycles. The predicted octanol–water partition coefficient (Wildman–Crippen LogP) is 5.39. The SMILES string of the molecule is COCC(C)Oc1cc(Oc2ccc(-c3nnc(CCl)o3)cc2)cc(C(=O)Nc2nccs2)c1. The van der Waals surface area contributed by atoms with Crippen molar-refractivity contribution in [2.24, 2.45) is 0 Å². The van der Waals surface area contributed by atoms with E-state index in [-0.39, 0.29) is 17.9 Å². The molecule has 2 aromatic carbocycles. The number of benzene rings is 2. The number of nitrogens with zero attached hydrogens (tertiary/aromatic N) is 3. The highest BCUT2D eigenvalue weighted by molar-refractivity contribution is 7.13. The van der Waals surface area contributed by atoms with Crippen LogP contribution in [-0.4, -0.2) is 40.9 Å². The number of rotatable bonds is 10. The summed E-state index contributed by atoms with van der Waals surface area (Å²) in [4.78, 5) is 16.9. The summed E-state index contributed by atoms with van der Waals surface area (Å²) in [6.45, 7) is 2.27. The number of hydrogen-bond acceptors (Lipinski definition) is 9. The average molecular weight is 501 g/mol. The summed E-state index contributed by atoms with van der Waals surface area (Å²) in [5.74, 6) is 1.99. The van der Waals surface area contributed by atoms with Crippen LogP contribution in [0.4, 0.5) is 5.13 Å². The molecule has 0 aliphatic rings. The number of ether oxygens (including phenoxy) is 3. The third kappa shape index (κ3) is 6.10. The maximum Gasteiger partial charge on any atom is 0.257 e. The van der Waals surface area contributed by atoms with E-state index in [0.29, 0.717) is 46.3 Å². The van der Waals surface area contributed by atoms with Crippen LogP contribution in [0, 0.1) is 0 Å². The molecule has 1 N–H and O–H groups in total. The van der Waals surface area contributed by atoms with Gasteiger partial charge in [-0.3, -0.25) is 10.1 Å². The second-order valence-electron chi connectivity index (χ2n) is 7.13. The number of halogens is 1. The van der Waals surface area contributed by atoms with Crippen LogP contribution in [0.5, 0.6) is 17.2 Å². The van der Waals surface area contributed by atoms with Crippen molar-refractivity contribution in [1.82, 2.24) is 15.2 Å². The lowest BCUT2D eigenvalue weighted by atomic mass is 10.1. The van der Waals surface area contributed by atoms with Crippen molar-refractivity contribution < 1.29 is 23.4 Å².